The van der Waals surface area contributed by atoms with Crippen LogP contribution in [0.25, 0.3) is 0 Å². The number of carbonyl (C=O) groups is 1. The van der Waals surface area contributed by atoms with E-state index in [1.165, 1.54) is 5.56 Å². The maximum atomic E-state index is 12.4. The zero-order valence-electron chi connectivity index (χ0n) is 13.1. The van der Waals surface area contributed by atoms with Crippen LogP contribution in [0.15, 0.2) is 30.3 Å². The predicted molar refractivity (Wildman–Crippen MR) is 89.6 cm³/mol. The van der Waals surface area contributed by atoms with Gasteiger partial charge in [0.15, 0.2) is 0 Å². The van der Waals surface area contributed by atoms with Crippen LogP contribution in [0.2, 0.25) is 0 Å². The van der Waals surface area contributed by atoms with Crippen LogP contribution in [0, 0.1) is 17.8 Å². The van der Waals surface area contributed by atoms with Gasteiger partial charge in [0.25, 0.3) is 0 Å². The molecule has 0 aliphatic carbocycles. The second kappa shape index (κ2) is 8.40. The summed E-state index contributed by atoms with van der Waals surface area (Å²) in [5, 5.41) is 6.48. The van der Waals surface area contributed by atoms with Crippen LogP contribution in [0.4, 0.5) is 0 Å². The molecule has 0 radical (unpaired) electrons. The van der Waals surface area contributed by atoms with E-state index in [1.807, 2.05) is 25.1 Å². The van der Waals surface area contributed by atoms with E-state index in [9.17, 15) is 4.79 Å². The Labute approximate surface area is 134 Å². The maximum absolute atomic E-state index is 12.4. The third kappa shape index (κ3) is 5.01. The fraction of sp³-hybridized carbons (Fsp3) is 0.588. The molecule has 1 amide bonds. The molecule has 21 heavy (non-hydrogen) atoms. The topological polar surface area (TPSA) is 41.1 Å². The van der Waals surface area contributed by atoms with Gasteiger partial charge in [-0.1, -0.05) is 51.1 Å². The standard InChI is InChI=1S/C17H26N2O.ClH/c1-12(2)9-16(14-7-5-4-6-8-14)19-17(20)13(3)15-10-18-11-15;/h4-8,12-13,15-16,18H,9-11H2,1-3H3,(H,19,20);1H. The molecule has 0 aromatic heterocycles. The molecule has 2 unspecified atom stereocenters. The molecule has 4 heteroatoms. The first kappa shape index (κ1) is 18.0. The number of benzene rings is 1. The maximum Gasteiger partial charge on any atom is 0.223 e. The molecule has 0 bridgehead atoms. The summed E-state index contributed by atoms with van der Waals surface area (Å²) in [6.07, 6.45) is 0.978. The summed E-state index contributed by atoms with van der Waals surface area (Å²) in [4.78, 5) is 12.4. The van der Waals surface area contributed by atoms with Crippen LogP contribution >= 0.6 is 12.4 Å². The first-order chi connectivity index (χ1) is 9.58. The van der Waals surface area contributed by atoms with Gasteiger partial charge in [0.2, 0.25) is 5.91 Å². The molecule has 3 nitrogen and oxygen atoms in total. The minimum Gasteiger partial charge on any atom is -0.349 e. The summed E-state index contributed by atoms with van der Waals surface area (Å²) in [6, 6.07) is 10.4. The SMILES string of the molecule is CC(C)CC(NC(=O)C(C)C1CNC1)c1ccccc1.Cl. The van der Waals surface area contributed by atoms with Gasteiger partial charge in [0.05, 0.1) is 6.04 Å². The van der Waals surface area contributed by atoms with Gasteiger partial charge >= 0.3 is 0 Å². The Balaban J connectivity index is 0.00000220. The van der Waals surface area contributed by atoms with Crippen molar-refractivity contribution in [2.45, 2.75) is 33.2 Å². The summed E-state index contributed by atoms with van der Waals surface area (Å²) in [5.74, 6) is 1.33. The minimum absolute atomic E-state index is 0. The first-order valence-electron chi connectivity index (χ1n) is 7.64. The second-order valence-corrected chi connectivity index (χ2v) is 6.31. The number of rotatable bonds is 6. The average molecular weight is 311 g/mol. The lowest BCUT2D eigenvalue weighted by Crippen LogP contribution is -2.50. The molecule has 1 aliphatic heterocycles. The predicted octanol–water partition coefficient (Wildman–Crippen LogP) is 3.17. The van der Waals surface area contributed by atoms with Gasteiger partial charge in [0.1, 0.15) is 0 Å². The van der Waals surface area contributed by atoms with Crippen molar-refractivity contribution in [2.75, 3.05) is 13.1 Å². The van der Waals surface area contributed by atoms with Gasteiger partial charge in [-0.25, -0.2) is 0 Å². The van der Waals surface area contributed by atoms with E-state index < -0.39 is 0 Å². The van der Waals surface area contributed by atoms with Crippen LogP contribution in [-0.2, 0) is 4.79 Å². The quantitative estimate of drug-likeness (QED) is 0.847. The van der Waals surface area contributed by atoms with Crippen molar-refractivity contribution < 1.29 is 4.79 Å². The Morgan fingerprint density at radius 3 is 2.33 bits per heavy atom. The van der Waals surface area contributed by atoms with Gasteiger partial charge in [-0.3, -0.25) is 4.79 Å². The first-order valence-corrected chi connectivity index (χ1v) is 7.64. The van der Waals surface area contributed by atoms with E-state index in [1.54, 1.807) is 0 Å². The molecule has 0 spiro atoms. The van der Waals surface area contributed by atoms with Gasteiger partial charge < -0.3 is 10.6 Å². The molecule has 1 fully saturated rings. The number of carbonyl (C=O) groups excluding carboxylic acids is 1. The lowest BCUT2D eigenvalue weighted by atomic mass is 9.87. The highest BCUT2D eigenvalue weighted by Gasteiger charge is 2.30. The zero-order chi connectivity index (χ0) is 14.5. The second-order valence-electron chi connectivity index (χ2n) is 6.31. The minimum atomic E-state index is 0. The molecular formula is C17H27ClN2O. The molecule has 1 aliphatic rings. The van der Waals surface area contributed by atoms with E-state index in [2.05, 4.69) is 36.6 Å². The van der Waals surface area contributed by atoms with Crippen molar-refractivity contribution in [3.8, 4) is 0 Å². The molecule has 2 N–H and O–H groups in total. The number of hydrogen-bond donors (Lipinski definition) is 2. The molecule has 118 valence electrons. The van der Waals surface area contributed by atoms with E-state index in [-0.39, 0.29) is 30.3 Å². The third-order valence-corrected chi connectivity index (χ3v) is 4.16. The van der Waals surface area contributed by atoms with Gasteiger partial charge in [-0.2, -0.15) is 0 Å². The number of nitrogens with one attached hydrogen (secondary N) is 2. The van der Waals surface area contributed by atoms with Crippen LogP contribution < -0.4 is 10.6 Å². The number of hydrogen-bond acceptors (Lipinski definition) is 2. The van der Waals surface area contributed by atoms with Crippen molar-refractivity contribution in [1.82, 2.24) is 10.6 Å². The lowest BCUT2D eigenvalue weighted by molar-refractivity contribution is -0.127. The van der Waals surface area contributed by atoms with E-state index in [0.717, 1.165) is 19.5 Å². The van der Waals surface area contributed by atoms with Crippen LogP contribution in [0.5, 0.6) is 0 Å². The molecule has 1 heterocycles. The van der Waals surface area contributed by atoms with E-state index in [4.69, 9.17) is 0 Å². The Kier molecular flexibility index (Phi) is 7.20. The summed E-state index contributed by atoms with van der Waals surface area (Å²) in [5.41, 5.74) is 1.20. The molecule has 1 aromatic rings. The summed E-state index contributed by atoms with van der Waals surface area (Å²) in [6.45, 7) is 8.37. The average Bonchev–Trinajstić information content (AvgIpc) is 2.36. The Bertz CT molecular complexity index is 432. The number of amides is 1. The van der Waals surface area contributed by atoms with E-state index >= 15 is 0 Å². The largest absolute Gasteiger partial charge is 0.349 e. The molecule has 2 atom stereocenters. The molecule has 1 aromatic carbocycles. The Morgan fingerprint density at radius 2 is 1.86 bits per heavy atom. The third-order valence-electron chi connectivity index (χ3n) is 4.16. The fourth-order valence-electron chi connectivity index (χ4n) is 2.62. The normalized spacial score (nSPS) is 17.5. The Hall–Kier alpha value is -1.06. The smallest absolute Gasteiger partial charge is 0.223 e. The summed E-state index contributed by atoms with van der Waals surface area (Å²) < 4.78 is 0. The van der Waals surface area contributed by atoms with Crippen molar-refractivity contribution in [2.24, 2.45) is 17.8 Å². The van der Waals surface area contributed by atoms with Crippen molar-refractivity contribution in [3.05, 3.63) is 35.9 Å². The fourth-order valence-corrected chi connectivity index (χ4v) is 2.62. The van der Waals surface area contributed by atoms with Crippen molar-refractivity contribution in [1.29, 1.82) is 0 Å². The van der Waals surface area contributed by atoms with E-state index in [0.29, 0.717) is 11.8 Å². The molecule has 2 rings (SSSR count). The highest BCUT2D eigenvalue weighted by atomic mass is 35.5. The highest BCUT2D eigenvalue weighted by Crippen LogP contribution is 2.23. The summed E-state index contributed by atoms with van der Waals surface area (Å²) in [7, 11) is 0. The highest BCUT2D eigenvalue weighted by molar-refractivity contribution is 5.85. The van der Waals surface area contributed by atoms with Gasteiger partial charge in [-0.15, -0.1) is 12.4 Å². The van der Waals surface area contributed by atoms with Crippen LogP contribution in [0.1, 0.15) is 38.8 Å². The van der Waals surface area contributed by atoms with Crippen molar-refractivity contribution in [3.63, 3.8) is 0 Å². The van der Waals surface area contributed by atoms with Crippen LogP contribution in [-0.4, -0.2) is 19.0 Å². The lowest BCUT2D eigenvalue weighted by Gasteiger charge is -2.33. The summed E-state index contributed by atoms with van der Waals surface area (Å²) >= 11 is 0. The zero-order valence-corrected chi connectivity index (χ0v) is 14.0. The molecule has 0 saturated carbocycles. The molecule has 1 saturated heterocycles. The Morgan fingerprint density at radius 1 is 1.24 bits per heavy atom. The van der Waals surface area contributed by atoms with Crippen LogP contribution in [0.3, 0.4) is 0 Å². The van der Waals surface area contributed by atoms with Gasteiger partial charge in [-0.05, 0) is 36.9 Å². The monoisotopic (exact) mass is 310 g/mol. The number of halogens is 1. The molecular weight excluding hydrogens is 284 g/mol. The van der Waals surface area contributed by atoms with Gasteiger partial charge in [0, 0.05) is 5.92 Å². The van der Waals surface area contributed by atoms with Crippen molar-refractivity contribution >= 4 is 18.3 Å².